The number of benzene rings is 1. The van der Waals surface area contributed by atoms with Gasteiger partial charge in [-0.05, 0) is 45.0 Å². The van der Waals surface area contributed by atoms with Gasteiger partial charge in [0, 0.05) is 18.7 Å². The molecule has 4 heteroatoms. The predicted molar refractivity (Wildman–Crippen MR) is 75.6 cm³/mol. The predicted octanol–water partition coefficient (Wildman–Crippen LogP) is 2.68. The van der Waals surface area contributed by atoms with E-state index in [0.717, 1.165) is 25.2 Å². The number of halogens is 2. The molecule has 18 heavy (non-hydrogen) atoms. The van der Waals surface area contributed by atoms with Crippen molar-refractivity contribution in [1.29, 1.82) is 0 Å². The maximum atomic E-state index is 13.5. The van der Waals surface area contributed by atoms with E-state index >= 15 is 0 Å². The summed E-state index contributed by atoms with van der Waals surface area (Å²) in [7, 11) is 2.07. The van der Waals surface area contributed by atoms with E-state index in [1.807, 2.05) is 12.1 Å². The number of hydrogen-bond donors (Lipinski definition) is 1. The van der Waals surface area contributed by atoms with Gasteiger partial charge in [-0.15, -0.1) is 12.4 Å². The first-order valence-electron chi connectivity index (χ1n) is 6.38. The van der Waals surface area contributed by atoms with Crippen LogP contribution < -0.4 is 5.32 Å². The molecule has 0 spiro atoms. The van der Waals surface area contributed by atoms with Gasteiger partial charge in [0.15, 0.2) is 0 Å². The highest BCUT2D eigenvalue weighted by Gasteiger charge is 2.15. The largest absolute Gasteiger partial charge is 0.316 e. The molecule has 1 unspecified atom stereocenters. The molecule has 1 heterocycles. The number of nitrogens with zero attached hydrogens (tertiary/aromatic N) is 1. The van der Waals surface area contributed by atoms with Crippen LogP contribution in [0, 0.1) is 11.7 Å². The van der Waals surface area contributed by atoms with Crippen LogP contribution in [0.3, 0.4) is 0 Å². The van der Waals surface area contributed by atoms with Gasteiger partial charge >= 0.3 is 0 Å². The normalized spacial score (nSPS) is 19.6. The van der Waals surface area contributed by atoms with Crippen molar-refractivity contribution in [1.82, 2.24) is 10.2 Å². The van der Waals surface area contributed by atoms with E-state index in [2.05, 4.69) is 17.3 Å². The van der Waals surface area contributed by atoms with Crippen molar-refractivity contribution in [3.8, 4) is 0 Å². The van der Waals surface area contributed by atoms with Crippen molar-refractivity contribution in [3.05, 3.63) is 35.6 Å². The van der Waals surface area contributed by atoms with Crippen LogP contribution in [-0.4, -0.2) is 31.6 Å². The minimum absolute atomic E-state index is 0. The summed E-state index contributed by atoms with van der Waals surface area (Å²) in [6.07, 6.45) is 2.55. The Balaban J connectivity index is 0.00000162. The first-order valence-corrected chi connectivity index (χ1v) is 6.38. The van der Waals surface area contributed by atoms with Crippen molar-refractivity contribution in [2.24, 2.45) is 5.92 Å². The Morgan fingerprint density at radius 1 is 1.39 bits per heavy atom. The average molecular weight is 273 g/mol. The van der Waals surface area contributed by atoms with Crippen molar-refractivity contribution in [2.45, 2.75) is 19.4 Å². The second kappa shape index (κ2) is 7.72. The lowest BCUT2D eigenvalue weighted by molar-refractivity contribution is 0.235. The van der Waals surface area contributed by atoms with Crippen LogP contribution in [-0.2, 0) is 6.54 Å². The molecule has 0 aliphatic carbocycles. The number of hydrogen-bond acceptors (Lipinski definition) is 2. The van der Waals surface area contributed by atoms with Gasteiger partial charge in [0.05, 0.1) is 0 Å². The summed E-state index contributed by atoms with van der Waals surface area (Å²) >= 11 is 0. The lowest BCUT2D eigenvalue weighted by Gasteiger charge is -2.27. The summed E-state index contributed by atoms with van der Waals surface area (Å²) in [5.74, 6) is 0.613. The molecule has 0 saturated carbocycles. The van der Waals surface area contributed by atoms with Crippen molar-refractivity contribution in [3.63, 3.8) is 0 Å². The minimum atomic E-state index is -0.0962. The van der Waals surface area contributed by atoms with E-state index in [-0.39, 0.29) is 18.2 Å². The Morgan fingerprint density at radius 2 is 2.17 bits per heavy atom. The molecule has 1 aliphatic rings. The molecule has 1 saturated heterocycles. The van der Waals surface area contributed by atoms with Gasteiger partial charge < -0.3 is 10.2 Å². The Bertz CT molecular complexity index is 353. The van der Waals surface area contributed by atoms with E-state index in [4.69, 9.17) is 0 Å². The third kappa shape index (κ3) is 4.56. The quantitative estimate of drug-likeness (QED) is 0.907. The third-order valence-electron chi connectivity index (χ3n) is 3.37. The molecule has 1 aliphatic heterocycles. The van der Waals surface area contributed by atoms with Crippen LogP contribution in [0.2, 0.25) is 0 Å². The topological polar surface area (TPSA) is 15.3 Å². The summed E-state index contributed by atoms with van der Waals surface area (Å²) < 4.78 is 13.5. The summed E-state index contributed by atoms with van der Waals surface area (Å²) in [6, 6.07) is 7.04. The number of piperidine rings is 1. The number of rotatable bonds is 4. The number of nitrogens with one attached hydrogen (secondary N) is 1. The van der Waals surface area contributed by atoms with Gasteiger partial charge in [-0.2, -0.15) is 0 Å². The lowest BCUT2D eigenvalue weighted by Crippen LogP contribution is -2.36. The highest BCUT2D eigenvalue weighted by atomic mass is 35.5. The van der Waals surface area contributed by atoms with E-state index < -0.39 is 0 Å². The lowest BCUT2D eigenvalue weighted by atomic mass is 9.99. The zero-order valence-electron chi connectivity index (χ0n) is 10.9. The molecule has 0 amide bonds. The monoisotopic (exact) mass is 272 g/mol. The molecule has 0 bridgehead atoms. The molecule has 1 aromatic rings. The fraction of sp³-hybridized carbons (Fsp3) is 0.571. The van der Waals surface area contributed by atoms with Crippen LogP contribution in [0.4, 0.5) is 4.39 Å². The Morgan fingerprint density at radius 3 is 2.83 bits per heavy atom. The zero-order chi connectivity index (χ0) is 12.1. The van der Waals surface area contributed by atoms with Crippen LogP contribution >= 0.6 is 12.4 Å². The van der Waals surface area contributed by atoms with Gasteiger partial charge in [0.25, 0.3) is 0 Å². The van der Waals surface area contributed by atoms with Gasteiger partial charge in [-0.3, -0.25) is 0 Å². The fourth-order valence-corrected chi connectivity index (χ4v) is 2.50. The molecule has 1 fully saturated rings. The van der Waals surface area contributed by atoms with Crippen LogP contribution in [0.15, 0.2) is 24.3 Å². The van der Waals surface area contributed by atoms with Gasteiger partial charge in [-0.1, -0.05) is 18.2 Å². The second-order valence-corrected chi connectivity index (χ2v) is 5.00. The van der Waals surface area contributed by atoms with E-state index in [1.54, 1.807) is 6.07 Å². The van der Waals surface area contributed by atoms with Crippen LogP contribution in [0.25, 0.3) is 0 Å². The average Bonchev–Trinajstić information content (AvgIpc) is 2.33. The molecular formula is C14H22ClFN2. The second-order valence-electron chi connectivity index (χ2n) is 5.00. The molecule has 102 valence electrons. The molecule has 2 rings (SSSR count). The van der Waals surface area contributed by atoms with Gasteiger partial charge in [0.2, 0.25) is 0 Å². The van der Waals surface area contributed by atoms with Crippen molar-refractivity contribution < 1.29 is 4.39 Å². The smallest absolute Gasteiger partial charge is 0.127 e. The van der Waals surface area contributed by atoms with Crippen molar-refractivity contribution >= 4 is 12.4 Å². The SMILES string of the molecule is CN(Cc1ccccc1F)CC1CCCNC1.Cl. The molecule has 2 nitrogen and oxygen atoms in total. The molecule has 0 aromatic heterocycles. The zero-order valence-corrected chi connectivity index (χ0v) is 11.7. The van der Waals surface area contributed by atoms with E-state index in [9.17, 15) is 4.39 Å². The molecule has 1 N–H and O–H groups in total. The van der Waals surface area contributed by atoms with Crippen molar-refractivity contribution in [2.75, 3.05) is 26.7 Å². The highest BCUT2D eigenvalue weighted by Crippen LogP contribution is 2.14. The van der Waals surface area contributed by atoms with E-state index in [0.29, 0.717) is 12.5 Å². The summed E-state index contributed by atoms with van der Waals surface area (Å²) in [5.41, 5.74) is 0.791. The van der Waals surface area contributed by atoms with Gasteiger partial charge in [0.1, 0.15) is 5.82 Å². The maximum Gasteiger partial charge on any atom is 0.127 e. The Kier molecular flexibility index (Phi) is 6.61. The highest BCUT2D eigenvalue weighted by molar-refractivity contribution is 5.85. The molecular weight excluding hydrogens is 251 g/mol. The summed E-state index contributed by atoms with van der Waals surface area (Å²) in [4.78, 5) is 2.22. The summed E-state index contributed by atoms with van der Waals surface area (Å²) in [5, 5.41) is 3.41. The van der Waals surface area contributed by atoms with Crippen LogP contribution in [0.1, 0.15) is 18.4 Å². The summed E-state index contributed by atoms with van der Waals surface area (Å²) in [6.45, 7) is 3.99. The third-order valence-corrected chi connectivity index (χ3v) is 3.37. The first-order chi connectivity index (χ1) is 8.25. The van der Waals surface area contributed by atoms with E-state index in [1.165, 1.54) is 18.9 Å². The standard InChI is InChI=1S/C14H21FN2.ClH/c1-17(10-12-5-4-8-16-9-12)11-13-6-2-3-7-14(13)15;/h2-3,6-7,12,16H,4-5,8-11H2,1H3;1H. The molecule has 1 atom stereocenters. The fourth-order valence-electron chi connectivity index (χ4n) is 2.50. The Labute approximate surface area is 115 Å². The molecule has 1 aromatic carbocycles. The molecule has 0 radical (unpaired) electrons. The maximum absolute atomic E-state index is 13.5. The van der Waals surface area contributed by atoms with Crippen LogP contribution in [0.5, 0.6) is 0 Å². The minimum Gasteiger partial charge on any atom is -0.316 e. The van der Waals surface area contributed by atoms with Gasteiger partial charge in [-0.25, -0.2) is 4.39 Å². The Hall–Kier alpha value is -0.640. The first kappa shape index (κ1) is 15.4.